The second-order valence-electron chi connectivity index (χ2n) is 3.92. The second kappa shape index (κ2) is 4.31. The third-order valence-corrected chi connectivity index (χ3v) is 2.37. The SMILES string of the molecule is CC(C)C(C)Nc1cc(N)ccc1F. The van der Waals surface area contributed by atoms with Crippen LogP contribution in [0.25, 0.3) is 0 Å². The van der Waals surface area contributed by atoms with E-state index in [0.717, 1.165) is 0 Å². The molecule has 0 aliphatic rings. The predicted octanol–water partition coefficient (Wildman–Crippen LogP) is 2.86. The molecule has 0 fully saturated rings. The van der Waals surface area contributed by atoms with Gasteiger partial charge in [-0.2, -0.15) is 0 Å². The van der Waals surface area contributed by atoms with Crippen molar-refractivity contribution in [2.75, 3.05) is 11.1 Å². The summed E-state index contributed by atoms with van der Waals surface area (Å²) in [7, 11) is 0. The van der Waals surface area contributed by atoms with E-state index in [1.807, 2.05) is 6.92 Å². The molecule has 1 rings (SSSR count). The highest BCUT2D eigenvalue weighted by Gasteiger charge is 2.09. The standard InChI is InChI=1S/C11H17FN2/c1-7(2)8(3)14-11-6-9(13)4-5-10(11)12/h4-8,14H,13H2,1-3H3. The fourth-order valence-corrected chi connectivity index (χ4v) is 1.07. The van der Waals surface area contributed by atoms with Crippen LogP contribution < -0.4 is 11.1 Å². The summed E-state index contributed by atoms with van der Waals surface area (Å²) in [6.07, 6.45) is 0. The summed E-state index contributed by atoms with van der Waals surface area (Å²) in [5.74, 6) is 0.197. The topological polar surface area (TPSA) is 38.0 Å². The fraction of sp³-hybridized carbons (Fsp3) is 0.455. The minimum Gasteiger partial charge on any atom is -0.399 e. The molecule has 78 valence electrons. The van der Waals surface area contributed by atoms with Gasteiger partial charge in [0.05, 0.1) is 5.69 Å². The number of nitrogens with one attached hydrogen (secondary N) is 1. The van der Waals surface area contributed by atoms with Crippen molar-refractivity contribution in [3.05, 3.63) is 24.0 Å². The number of benzene rings is 1. The molecule has 0 heterocycles. The summed E-state index contributed by atoms with van der Waals surface area (Å²) in [6, 6.07) is 4.78. The number of hydrogen-bond acceptors (Lipinski definition) is 2. The van der Waals surface area contributed by atoms with Gasteiger partial charge in [0.15, 0.2) is 0 Å². The molecule has 2 nitrogen and oxygen atoms in total. The molecule has 1 atom stereocenters. The van der Waals surface area contributed by atoms with Crippen molar-refractivity contribution in [2.24, 2.45) is 5.92 Å². The highest BCUT2D eigenvalue weighted by molar-refractivity contribution is 5.55. The maximum atomic E-state index is 13.3. The van der Waals surface area contributed by atoms with Gasteiger partial charge in [0.2, 0.25) is 0 Å². The number of halogens is 1. The first-order chi connectivity index (χ1) is 6.50. The van der Waals surface area contributed by atoms with Crippen LogP contribution in [0, 0.1) is 11.7 Å². The van der Waals surface area contributed by atoms with Crippen LogP contribution >= 0.6 is 0 Å². The van der Waals surface area contributed by atoms with Crippen molar-refractivity contribution in [1.29, 1.82) is 0 Å². The summed E-state index contributed by atoms with van der Waals surface area (Å²) in [5.41, 5.74) is 6.62. The average Bonchev–Trinajstić information content (AvgIpc) is 2.11. The Morgan fingerprint density at radius 3 is 2.50 bits per heavy atom. The molecule has 0 bridgehead atoms. The van der Waals surface area contributed by atoms with Gasteiger partial charge in [-0.05, 0) is 31.0 Å². The van der Waals surface area contributed by atoms with Gasteiger partial charge in [0.1, 0.15) is 5.82 Å². The molecule has 0 aromatic heterocycles. The van der Waals surface area contributed by atoms with Gasteiger partial charge in [0.25, 0.3) is 0 Å². The Bertz CT molecular complexity index is 310. The molecule has 0 aliphatic heterocycles. The van der Waals surface area contributed by atoms with Gasteiger partial charge in [-0.25, -0.2) is 4.39 Å². The Morgan fingerprint density at radius 1 is 1.29 bits per heavy atom. The highest BCUT2D eigenvalue weighted by Crippen LogP contribution is 2.19. The molecule has 3 heteroatoms. The van der Waals surface area contributed by atoms with E-state index in [9.17, 15) is 4.39 Å². The number of nitrogen functional groups attached to an aromatic ring is 1. The van der Waals surface area contributed by atoms with Crippen molar-refractivity contribution in [3.63, 3.8) is 0 Å². The van der Waals surface area contributed by atoms with Crippen LogP contribution in [0.4, 0.5) is 15.8 Å². The van der Waals surface area contributed by atoms with E-state index >= 15 is 0 Å². The lowest BCUT2D eigenvalue weighted by atomic mass is 10.1. The zero-order valence-corrected chi connectivity index (χ0v) is 8.84. The summed E-state index contributed by atoms with van der Waals surface area (Å²) in [6.45, 7) is 6.19. The smallest absolute Gasteiger partial charge is 0.146 e. The van der Waals surface area contributed by atoms with Crippen LogP contribution in [-0.2, 0) is 0 Å². The molecule has 1 unspecified atom stereocenters. The van der Waals surface area contributed by atoms with Crippen molar-refractivity contribution in [3.8, 4) is 0 Å². The molecule has 0 saturated heterocycles. The van der Waals surface area contributed by atoms with E-state index in [2.05, 4.69) is 19.2 Å². The monoisotopic (exact) mass is 196 g/mol. The highest BCUT2D eigenvalue weighted by atomic mass is 19.1. The van der Waals surface area contributed by atoms with Crippen LogP contribution in [0.15, 0.2) is 18.2 Å². The van der Waals surface area contributed by atoms with Crippen molar-refractivity contribution < 1.29 is 4.39 Å². The molecule has 3 N–H and O–H groups in total. The molecule has 0 saturated carbocycles. The molecule has 1 aromatic carbocycles. The van der Waals surface area contributed by atoms with Gasteiger partial charge in [-0.1, -0.05) is 13.8 Å². The summed E-state index contributed by atoms with van der Waals surface area (Å²) >= 11 is 0. The van der Waals surface area contributed by atoms with Crippen LogP contribution in [-0.4, -0.2) is 6.04 Å². The molecule has 0 aliphatic carbocycles. The quantitative estimate of drug-likeness (QED) is 0.729. The Hall–Kier alpha value is -1.25. The molecule has 0 amide bonds. The van der Waals surface area contributed by atoms with Crippen molar-refractivity contribution in [2.45, 2.75) is 26.8 Å². The van der Waals surface area contributed by atoms with E-state index in [1.54, 1.807) is 12.1 Å². The van der Waals surface area contributed by atoms with Gasteiger partial charge in [-0.3, -0.25) is 0 Å². The zero-order valence-electron chi connectivity index (χ0n) is 8.84. The summed E-state index contributed by atoms with van der Waals surface area (Å²) in [4.78, 5) is 0. The minimum atomic E-state index is -0.258. The van der Waals surface area contributed by atoms with Crippen LogP contribution in [0.5, 0.6) is 0 Å². The number of nitrogens with two attached hydrogens (primary N) is 1. The lowest BCUT2D eigenvalue weighted by Gasteiger charge is -2.19. The van der Waals surface area contributed by atoms with Crippen LogP contribution in [0.2, 0.25) is 0 Å². The molecular weight excluding hydrogens is 179 g/mol. The first-order valence-corrected chi connectivity index (χ1v) is 4.82. The summed E-state index contributed by atoms with van der Waals surface area (Å²) < 4.78 is 13.3. The Morgan fingerprint density at radius 2 is 1.93 bits per heavy atom. The second-order valence-corrected chi connectivity index (χ2v) is 3.92. The van der Waals surface area contributed by atoms with Gasteiger partial charge in [0, 0.05) is 11.7 Å². The molecule has 14 heavy (non-hydrogen) atoms. The zero-order chi connectivity index (χ0) is 10.7. The third kappa shape index (κ3) is 2.62. The Kier molecular flexibility index (Phi) is 3.33. The molecule has 0 radical (unpaired) electrons. The van der Waals surface area contributed by atoms with Gasteiger partial charge in [-0.15, -0.1) is 0 Å². The van der Waals surface area contributed by atoms with E-state index < -0.39 is 0 Å². The largest absolute Gasteiger partial charge is 0.399 e. The summed E-state index contributed by atoms with van der Waals surface area (Å²) in [5, 5.41) is 3.10. The molecular formula is C11H17FN2. The first-order valence-electron chi connectivity index (χ1n) is 4.82. The Labute approximate surface area is 84.3 Å². The van der Waals surface area contributed by atoms with E-state index in [0.29, 0.717) is 17.3 Å². The Balaban J connectivity index is 2.80. The van der Waals surface area contributed by atoms with Crippen LogP contribution in [0.1, 0.15) is 20.8 Å². The predicted molar refractivity (Wildman–Crippen MR) is 58.7 cm³/mol. The third-order valence-electron chi connectivity index (χ3n) is 2.37. The van der Waals surface area contributed by atoms with E-state index in [1.165, 1.54) is 6.07 Å². The lowest BCUT2D eigenvalue weighted by molar-refractivity contribution is 0.552. The number of rotatable bonds is 3. The first kappa shape index (κ1) is 10.8. The molecule has 0 spiro atoms. The van der Waals surface area contributed by atoms with Gasteiger partial charge >= 0.3 is 0 Å². The van der Waals surface area contributed by atoms with Gasteiger partial charge < -0.3 is 11.1 Å². The minimum absolute atomic E-state index is 0.228. The van der Waals surface area contributed by atoms with E-state index in [4.69, 9.17) is 5.73 Å². The van der Waals surface area contributed by atoms with E-state index in [-0.39, 0.29) is 11.9 Å². The fourth-order valence-electron chi connectivity index (χ4n) is 1.07. The number of hydrogen-bond donors (Lipinski definition) is 2. The van der Waals surface area contributed by atoms with Crippen molar-refractivity contribution >= 4 is 11.4 Å². The normalized spacial score (nSPS) is 12.9. The van der Waals surface area contributed by atoms with Crippen LogP contribution in [0.3, 0.4) is 0 Å². The molecule has 1 aromatic rings. The van der Waals surface area contributed by atoms with Crippen molar-refractivity contribution in [1.82, 2.24) is 0 Å². The lowest BCUT2D eigenvalue weighted by Crippen LogP contribution is -2.22. The average molecular weight is 196 g/mol. The maximum Gasteiger partial charge on any atom is 0.146 e. The number of anilines is 2. The maximum absolute atomic E-state index is 13.3.